The van der Waals surface area contributed by atoms with Crippen molar-refractivity contribution in [2.45, 2.75) is 38.5 Å². The number of carbonyl (C=O) groups is 2. The highest BCUT2D eigenvalue weighted by molar-refractivity contribution is 5.83. The minimum Gasteiger partial charge on any atom is -0.374 e. The summed E-state index contributed by atoms with van der Waals surface area (Å²) in [6.07, 6.45) is 5.28. The molecule has 138 valence electrons. The summed E-state index contributed by atoms with van der Waals surface area (Å²) in [7, 11) is 0. The Kier molecular flexibility index (Phi) is 5.70. The molecule has 2 saturated heterocycles. The number of amides is 2. The molecule has 3 heterocycles. The van der Waals surface area contributed by atoms with Gasteiger partial charge in [0.1, 0.15) is 0 Å². The lowest BCUT2D eigenvalue weighted by Gasteiger charge is -2.39. The van der Waals surface area contributed by atoms with Crippen LogP contribution in [-0.4, -0.2) is 76.3 Å². The zero-order valence-corrected chi connectivity index (χ0v) is 14.7. The Hall–Kier alpha value is -1.93. The first-order valence-corrected chi connectivity index (χ1v) is 8.96. The maximum Gasteiger partial charge on any atom is 0.239 e. The molecule has 2 N–H and O–H groups in total. The molecule has 8 heteroatoms. The summed E-state index contributed by atoms with van der Waals surface area (Å²) in [5.41, 5.74) is 5.42. The minimum atomic E-state index is -0.309. The van der Waals surface area contributed by atoms with Gasteiger partial charge in [-0.3, -0.25) is 19.2 Å². The molecule has 0 spiro atoms. The summed E-state index contributed by atoms with van der Waals surface area (Å²) in [6.45, 7) is 5.79. The zero-order chi connectivity index (χ0) is 17.8. The number of morpholine rings is 1. The molecule has 1 aromatic rings. The van der Waals surface area contributed by atoms with Crippen LogP contribution in [0.2, 0.25) is 0 Å². The van der Waals surface area contributed by atoms with E-state index in [1.807, 2.05) is 23.9 Å². The molecule has 2 fully saturated rings. The molecule has 3 atom stereocenters. The molecule has 2 aliphatic heterocycles. The average molecular weight is 349 g/mol. The molecule has 0 aliphatic carbocycles. The van der Waals surface area contributed by atoms with Crippen molar-refractivity contribution in [1.82, 2.24) is 19.6 Å². The van der Waals surface area contributed by atoms with Crippen LogP contribution in [-0.2, 0) is 20.9 Å². The fourth-order valence-electron chi connectivity index (χ4n) is 3.65. The van der Waals surface area contributed by atoms with Crippen LogP contribution in [0.4, 0.5) is 0 Å². The van der Waals surface area contributed by atoms with Gasteiger partial charge in [-0.15, -0.1) is 0 Å². The van der Waals surface area contributed by atoms with Gasteiger partial charge in [0.05, 0.1) is 31.2 Å². The predicted molar refractivity (Wildman–Crippen MR) is 91.5 cm³/mol. The summed E-state index contributed by atoms with van der Waals surface area (Å²) < 4.78 is 7.67. The summed E-state index contributed by atoms with van der Waals surface area (Å²) in [5.74, 6) is -0.455. The Balaban J connectivity index is 1.56. The van der Waals surface area contributed by atoms with E-state index in [9.17, 15) is 9.59 Å². The zero-order valence-electron chi connectivity index (χ0n) is 14.7. The van der Waals surface area contributed by atoms with Gasteiger partial charge in [0.15, 0.2) is 0 Å². The topological polar surface area (TPSA) is 93.7 Å². The van der Waals surface area contributed by atoms with Crippen LogP contribution in [0.15, 0.2) is 18.5 Å². The van der Waals surface area contributed by atoms with Gasteiger partial charge in [0.25, 0.3) is 0 Å². The summed E-state index contributed by atoms with van der Waals surface area (Å²) in [6, 6.07) is 1.66. The number of ether oxygens (including phenoxy) is 1. The fraction of sp³-hybridized carbons (Fsp3) is 0.706. The molecule has 2 aliphatic rings. The summed E-state index contributed by atoms with van der Waals surface area (Å²) in [4.78, 5) is 28.3. The first kappa shape index (κ1) is 17.9. The standard InChI is InChI=1S/C17H27N5O3/c1-13(17(24)21-6-2-4-14(10-21)16(18)23)20-8-9-25-15(11-20)12-22-7-3-5-19-22/h3,5,7,13-15H,2,4,6,8-12H2,1H3,(H2,18,23)/t13-,14+,15+/m1/s1. The number of carbonyl (C=O) groups excluding carboxylic acids is 2. The number of rotatable bonds is 5. The molecule has 2 amide bonds. The highest BCUT2D eigenvalue weighted by Crippen LogP contribution is 2.19. The van der Waals surface area contributed by atoms with E-state index in [1.165, 1.54) is 0 Å². The van der Waals surface area contributed by atoms with Gasteiger partial charge in [-0.05, 0) is 25.8 Å². The Labute approximate surface area is 147 Å². The Bertz CT molecular complexity index is 591. The molecule has 0 saturated carbocycles. The fourth-order valence-corrected chi connectivity index (χ4v) is 3.65. The molecular formula is C17H27N5O3. The number of nitrogens with zero attached hydrogens (tertiary/aromatic N) is 4. The lowest BCUT2D eigenvalue weighted by molar-refractivity contribution is -0.142. The minimum absolute atomic E-state index is 0.0172. The van der Waals surface area contributed by atoms with Gasteiger partial charge in [-0.25, -0.2) is 0 Å². The van der Waals surface area contributed by atoms with Crippen LogP contribution < -0.4 is 5.73 Å². The molecule has 0 aromatic carbocycles. The van der Waals surface area contributed by atoms with E-state index in [2.05, 4.69) is 10.00 Å². The highest BCUT2D eigenvalue weighted by atomic mass is 16.5. The van der Waals surface area contributed by atoms with E-state index in [-0.39, 0.29) is 29.9 Å². The molecule has 3 rings (SSSR count). The monoisotopic (exact) mass is 349 g/mol. The van der Waals surface area contributed by atoms with Crippen molar-refractivity contribution in [2.75, 3.05) is 32.8 Å². The van der Waals surface area contributed by atoms with Crippen LogP contribution in [0.1, 0.15) is 19.8 Å². The Morgan fingerprint density at radius 1 is 1.36 bits per heavy atom. The average Bonchev–Trinajstić information content (AvgIpc) is 3.13. The lowest BCUT2D eigenvalue weighted by atomic mass is 9.97. The van der Waals surface area contributed by atoms with E-state index < -0.39 is 0 Å². The van der Waals surface area contributed by atoms with Crippen molar-refractivity contribution in [2.24, 2.45) is 11.7 Å². The number of hydrogen-bond acceptors (Lipinski definition) is 5. The normalized spacial score (nSPS) is 26.4. The van der Waals surface area contributed by atoms with Gasteiger partial charge >= 0.3 is 0 Å². The first-order valence-electron chi connectivity index (χ1n) is 8.96. The second kappa shape index (κ2) is 7.97. The van der Waals surface area contributed by atoms with Crippen LogP contribution in [0.25, 0.3) is 0 Å². The smallest absolute Gasteiger partial charge is 0.239 e. The quantitative estimate of drug-likeness (QED) is 0.787. The highest BCUT2D eigenvalue weighted by Gasteiger charge is 2.33. The predicted octanol–water partition coefficient (Wildman–Crippen LogP) is -0.304. The largest absolute Gasteiger partial charge is 0.374 e. The van der Waals surface area contributed by atoms with E-state index >= 15 is 0 Å². The molecule has 0 bridgehead atoms. The number of piperidine rings is 1. The molecule has 1 aromatic heterocycles. The van der Waals surface area contributed by atoms with Crippen molar-refractivity contribution in [1.29, 1.82) is 0 Å². The second-order valence-corrected chi connectivity index (χ2v) is 6.92. The molecule has 0 radical (unpaired) electrons. The third-order valence-corrected chi connectivity index (χ3v) is 5.16. The van der Waals surface area contributed by atoms with Crippen LogP contribution in [0, 0.1) is 5.92 Å². The van der Waals surface area contributed by atoms with E-state index in [0.29, 0.717) is 32.8 Å². The Morgan fingerprint density at radius 3 is 2.92 bits per heavy atom. The molecule has 8 nitrogen and oxygen atoms in total. The summed E-state index contributed by atoms with van der Waals surface area (Å²) in [5, 5.41) is 4.21. The van der Waals surface area contributed by atoms with E-state index in [0.717, 1.165) is 19.4 Å². The van der Waals surface area contributed by atoms with Crippen molar-refractivity contribution < 1.29 is 14.3 Å². The number of nitrogens with two attached hydrogens (primary N) is 1. The molecule has 25 heavy (non-hydrogen) atoms. The maximum absolute atomic E-state index is 12.9. The van der Waals surface area contributed by atoms with Crippen LogP contribution in [0.3, 0.4) is 0 Å². The van der Waals surface area contributed by atoms with Crippen molar-refractivity contribution in [3.05, 3.63) is 18.5 Å². The molecule has 0 unspecified atom stereocenters. The van der Waals surface area contributed by atoms with Gasteiger partial charge in [-0.1, -0.05) is 0 Å². The third-order valence-electron chi connectivity index (χ3n) is 5.16. The molecular weight excluding hydrogens is 322 g/mol. The maximum atomic E-state index is 12.9. The number of likely N-dealkylation sites (tertiary alicyclic amines) is 1. The first-order chi connectivity index (χ1) is 12.0. The van der Waals surface area contributed by atoms with Crippen molar-refractivity contribution in [3.63, 3.8) is 0 Å². The summed E-state index contributed by atoms with van der Waals surface area (Å²) >= 11 is 0. The second-order valence-electron chi connectivity index (χ2n) is 6.92. The van der Waals surface area contributed by atoms with Gasteiger partial charge in [0, 0.05) is 38.6 Å². The lowest BCUT2D eigenvalue weighted by Crippen LogP contribution is -2.55. The van der Waals surface area contributed by atoms with Gasteiger partial charge in [0.2, 0.25) is 11.8 Å². The van der Waals surface area contributed by atoms with Gasteiger partial charge in [-0.2, -0.15) is 5.10 Å². The SMILES string of the molecule is C[C@H](C(=O)N1CCC[C@H](C(N)=O)C1)N1CCO[C@H](Cn2cccn2)C1. The van der Waals surface area contributed by atoms with E-state index in [1.54, 1.807) is 11.1 Å². The van der Waals surface area contributed by atoms with Crippen LogP contribution >= 0.6 is 0 Å². The van der Waals surface area contributed by atoms with Gasteiger partial charge < -0.3 is 15.4 Å². The van der Waals surface area contributed by atoms with Crippen LogP contribution in [0.5, 0.6) is 0 Å². The van der Waals surface area contributed by atoms with Crippen molar-refractivity contribution >= 4 is 11.8 Å². The number of hydrogen-bond donors (Lipinski definition) is 1. The number of aromatic nitrogens is 2. The van der Waals surface area contributed by atoms with Crippen molar-refractivity contribution in [3.8, 4) is 0 Å². The number of primary amides is 1. The Morgan fingerprint density at radius 2 is 2.20 bits per heavy atom. The third kappa shape index (κ3) is 4.38. The van der Waals surface area contributed by atoms with E-state index in [4.69, 9.17) is 10.5 Å².